The molecule has 0 saturated heterocycles. The van der Waals surface area contributed by atoms with Crippen molar-refractivity contribution in [2.45, 2.75) is 25.3 Å². The lowest BCUT2D eigenvalue weighted by atomic mass is 10.1. The van der Waals surface area contributed by atoms with Crippen molar-refractivity contribution < 1.29 is 4.79 Å². The highest BCUT2D eigenvalue weighted by atomic mass is 79.9. The van der Waals surface area contributed by atoms with E-state index in [9.17, 15) is 4.79 Å². The Bertz CT molecular complexity index is 685. The maximum Gasteiger partial charge on any atom is 0.251 e. The normalized spacial score (nSPS) is 20.1. The molecule has 3 N–H and O–H groups in total. The molecule has 108 valence electrons. The van der Waals surface area contributed by atoms with Crippen LogP contribution in [0.1, 0.15) is 33.8 Å². The lowest BCUT2D eigenvalue weighted by molar-refractivity contribution is 0.0949. The maximum absolute atomic E-state index is 12.4. The fourth-order valence-corrected chi connectivity index (χ4v) is 3.08. The topological polar surface area (TPSA) is 55.1 Å². The summed E-state index contributed by atoms with van der Waals surface area (Å²) in [4.78, 5) is 12.4. The van der Waals surface area contributed by atoms with Gasteiger partial charge < -0.3 is 11.1 Å². The molecular weight excluding hydrogens is 328 g/mol. The van der Waals surface area contributed by atoms with Crippen LogP contribution in [-0.2, 0) is 0 Å². The summed E-state index contributed by atoms with van der Waals surface area (Å²) in [5, 5.41) is 3.10. The molecule has 0 bridgehead atoms. The highest BCUT2D eigenvalue weighted by Crippen LogP contribution is 2.40. The molecule has 0 radical (unpaired) electrons. The van der Waals surface area contributed by atoms with Crippen molar-refractivity contribution in [3.63, 3.8) is 0 Å². The van der Waals surface area contributed by atoms with Gasteiger partial charge in [0.2, 0.25) is 0 Å². The van der Waals surface area contributed by atoms with Gasteiger partial charge in [-0.15, -0.1) is 0 Å². The van der Waals surface area contributed by atoms with Gasteiger partial charge in [0.05, 0.1) is 0 Å². The van der Waals surface area contributed by atoms with E-state index in [0.29, 0.717) is 17.2 Å². The number of hydrogen-bond donors (Lipinski definition) is 2. The Morgan fingerprint density at radius 2 is 2.00 bits per heavy atom. The van der Waals surface area contributed by atoms with E-state index >= 15 is 0 Å². The summed E-state index contributed by atoms with van der Waals surface area (Å²) < 4.78 is 0.825. The van der Waals surface area contributed by atoms with Gasteiger partial charge in [-0.1, -0.05) is 46.3 Å². The van der Waals surface area contributed by atoms with E-state index in [0.717, 1.165) is 16.5 Å². The van der Waals surface area contributed by atoms with E-state index in [1.165, 1.54) is 5.56 Å². The first kappa shape index (κ1) is 14.1. The van der Waals surface area contributed by atoms with E-state index in [-0.39, 0.29) is 11.9 Å². The van der Waals surface area contributed by atoms with Crippen LogP contribution in [0.15, 0.2) is 46.9 Å². The molecule has 1 aliphatic rings. The van der Waals surface area contributed by atoms with Crippen LogP contribution in [0.5, 0.6) is 0 Å². The second-order valence-electron chi connectivity index (χ2n) is 5.50. The molecule has 3 rings (SSSR count). The Morgan fingerprint density at radius 3 is 2.71 bits per heavy atom. The maximum atomic E-state index is 12.4. The van der Waals surface area contributed by atoms with Crippen LogP contribution in [0.2, 0.25) is 0 Å². The molecule has 21 heavy (non-hydrogen) atoms. The molecule has 1 aliphatic carbocycles. The minimum absolute atomic E-state index is 0.0519. The lowest BCUT2D eigenvalue weighted by Crippen LogP contribution is -2.27. The Kier molecular flexibility index (Phi) is 3.72. The molecule has 0 aromatic heterocycles. The largest absolute Gasteiger partial charge is 0.398 e. The lowest BCUT2D eigenvalue weighted by Gasteiger charge is -2.10. The van der Waals surface area contributed by atoms with E-state index < -0.39 is 0 Å². The molecule has 2 atom stereocenters. The van der Waals surface area contributed by atoms with Crippen molar-refractivity contribution in [2.24, 2.45) is 0 Å². The van der Waals surface area contributed by atoms with Crippen molar-refractivity contribution in [3.8, 4) is 0 Å². The number of halogens is 1. The number of hydrogen-bond acceptors (Lipinski definition) is 2. The third-order valence-electron chi connectivity index (χ3n) is 3.99. The van der Waals surface area contributed by atoms with Gasteiger partial charge in [-0.05, 0) is 36.6 Å². The zero-order valence-corrected chi connectivity index (χ0v) is 13.4. The number of rotatable bonds is 3. The van der Waals surface area contributed by atoms with Crippen molar-refractivity contribution >= 4 is 27.5 Å². The average molecular weight is 345 g/mol. The molecule has 1 saturated carbocycles. The van der Waals surface area contributed by atoms with E-state index in [1.807, 2.05) is 37.3 Å². The smallest absolute Gasteiger partial charge is 0.251 e. The third-order valence-corrected chi connectivity index (χ3v) is 4.45. The molecule has 0 spiro atoms. The number of nitrogens with two attached hydrogens (primary N) is 1. The molecule has 3 nitrogen and oxygen atoms in total. The monoisotopic (exact) mass is 344 g/mol. The number of benzene rings is 2. The van der Waals surface area contributed by atoms with Crippen LogP contribution in [0.25, 0.3) is 0 Å². The van der Waals surface area contributed by atoms with Crippen LogP contribution in [0.4, 0.5) is 5.69 Å². The second-order valence-corrected chi connectivity index (χ2v) is 6.42. The van der Waals surface area contributed by atoms with Gasteiger partial charge in [0, 0.05) is 27.7 Å². The minimum atomic E-state index is -0.0519. The highest BCUT2D eigenvalue weighted by molar-refractivity contribution is 9.10. The van der Waals surface area contributed by atoms with Crippen molar-refractivity contribution in [1.82, 2.24) is 5.32 Å². The van der Waals surface area contributed by atoms with Gasteiger partial charge >= 0.3 is 0 Å². The standard InChI is InChI=1S/C17H17BrN2O/c1-10-13(7-12(18)8-15(10)19)17(21)20-16-9-14(16)11-5-3-2-4-6-11/h2-8,14,16H,9,19H2,1H3,(H,20,21). The molecule has 1 amide bonds. The summed E-state index contributed by atoms with van der Waals surface area (Å²) >= 11 is 3.39. The summed E-state index contributed by atoms with van der Waals surface area (Å²) in [5.41, 5.74) is 9.29. The van der Waals surface area contributed by atoms with Crippen LogP contribution in [0, 0.1) is 6.92 Å². The number of nitrogen functional groups attached to an aromatic ring is 1. The molecule has 0 aliphatic heterocycles. The average Bonchev–Trinajstić information content (AvgIpc) is 3.23. The number of anilines is 1. The summed E-state index contributed by atoms with van der Waals surface area (Å²) in [6.07, 6.45) is 0.998. The highest BCUT2D eigenvalue weighted by Gasteiger charge is 2.39. The van der Waals surface area contributed by atoms with E-state index in [2.05, 4.69) is 33.4 Å². The predicted molar refractivity (Wildman–Crippen MR) is 88.3 cm³/mol. The van der Waals surface area contributed by atoms with Crippen LogP contribution in [0.3, 0.4) is 0 Å². The first-order chi connectivity index (χ1) is 10.1. The van der Waals surface area contributed by atoms with Crippen LogP contribution >= 0.6 is 15.9 Å². The zero-order chi connectivity index (χ0) is 15.0. The van der Waals surface area contributed by atoms with Crippen molar-refractivity contribution in [2.75, 3.05) is 5.73 Å². The molecule has 2 aromatic carbocycles. The van der Waals surface area contributed by atoms with Gasteiger partial charge in [-0.25, -0.2) is 0 Å². The van der Waals surface area contributed by atoms with Gasteiger partial charge in [0.15, 0.2) is 0 Å². The Labute approximate surface area is 132 Å². The zero-order valence-electron chi connectivity index (χ0n) is 11.8. The molecule has 4 heteroatoms. The van der Waals surface area contributed by atoms with Gasteiger partial charge in [0.1, 0.15) is 0 Å². The van der Waals surface area contributed by atoms with Crippen molar-refractivity contribution in [1.29, 1.82) is 0 Å². The summed E-state index contributed by atoms with van der Waals surface area (Å²) in [6, 6.07) is 14.2. The SMILES string of the molecule is Cc1c(N)cc(Br)cc1C(=O)NC1CC1c1ccccc1. The Hall–Kier alpha value is -1.81. The molecule has 1 fully saturated rings. The molecule has 2 unspecified atom stereocenters. The first-order valence-electron chi connectivity index (χ1n) is 6.97. The number of nitrogens with one attached hydrogen (secondary N) is 1. The predicted octanol–water partition coefficient (Wildman–Crippen LogP) is 3.63. The fourth-order valence-electron chi connectivity index (χ4n) is 2.61. The van der Waals surface area contributed by atoms with Crippen LogP contribution in [-0.4, -0.2) is 11.9 Å². The van der Waals surface area contributed by atoms with E-state index in [4.69, 9.17) is 5.73 Å². The molecular formula is C17H17BrN2O. The Morgan fingerprint density at radius 1 is 1.29 bits per heavy atom. The Balaban J connectivity index is 1.72. The molecule has 0 heterocycles. The number of carbonyl (C=O) groups is 1. The summed E-state index contributed by atoms with van der Waals surface area (Å²) in [7, 11) is 0. The molecule has 2 aromatic rings. The first-order valence-corrected chi connectivity index (χ1v) is 7.77. The number of amides is 1. The quantitative estimate of drug-likeness (QED) is 0.835. The minimum Gasteiger partial charge on any atom is -0.398 e. The van der Waals surface area contributed by atoms with Crippen molar-refractivity contribution in [3.05, 3.63) is 63.6 Å². The van der Waals surface area contributed by atoms with Crippen LogP contribution < -0.4 is 11.1 Å². The summed E-state index contributed by atoms with van der Waals surface area (Å²) in [5.74, 6) is 0.379. The fraction of sp³-hybridized carbons (Fsp3) is 0.235. The van der Waals surface area contributed by atoms with E-state index in [1.54, 1.807) is 0 Å². The summed E-state index contributed by atoms with van der Waals surface area (Å²) in [6.45, 7) is 1.87. The third kappa shape index (κ3) is 2.95. The number of carbonyl (C=O) groups excluding carboxylic acids is 1. The second kappa shape index (κ2) is 5.53. The van der Waals surface area contributed by atoms with Gasteiger partial charge in [0.25, 0.3) is 5.91 Å². The van der Waals surface area contributed by atoms with Gasteiger partial charge in [-0.2, -0.15) is 0 Å². The van der Waals surface area contributed by atoms with Gasteiger partial charge in [-0.3, -0.25) is 4.79 Å².